The molecular formula is C26H28Cl2N4O4S2. The topological polar surface area (TPSA) is 95.3 Å². The molecule has 1 amide bonds. The van der Waals surface area contributed by atoms with Gasteiger partial charge in [0, 0.05) is 22.5 Å². The Morgan fingerprint density at radius 2 is 2.08 bits per heavy atom. The first kappa shape index (κ1) is 28.5. The number of thioether (sulfide) groups is 1. The molecule has 2 aromatic heterocycles. The molecule has 4 rings (SSSR count). The molecule has 0 saturated carbocycles. The van der Waals surface area contributed by atoms with Crippen molar-refractivity contribution in [3.8, 4) is 5.75 Å². The monoisotopic (exact) mass is 594 g/mol. The van der Waals surface area contributed by atoms with Gasteiger partial charge >= 0.3 is 5.97 Å². The number of anilines is 1. The van der Waals surface area contributed by atoms with Gasteiger partial charge in [0.25, 0.3) is 0 Å². The molecule has 202 valence electrons. The predicted octanol–water partition coefficient (Wildman–Crippen LogP) is 6.76. The highest BCUT2D eigenvalue weighted by molar-refractivity contribution is 7.99. The summed E-state index contributed by atoms with van der Waals surface area (Å²) in [4.78, 5) is 26.8. The number of fused-ring (bicyclic) bond motifs is 1. The van der Waals surface area contributed by atoms with E-state index in [1.54, 1.807) is 31.2 Å². The number of ether oxygens (including phenoxy) is 2. The van der Waals surface area contributed by atoms with E-state index in [2.05, 4.69) is 22.1 Å². The summed E-state index contributed by atoms with van der Waals surface area (Å²) >= 11 is 15.0. The van der Waals surface area contributed by atoms with E-state index in [9.17, 15) is 9.59 Å². The summed E-state index contributed by atoms with van der Waals surface area (Å²) in [7, 11) is 0. The van der Waals surface area contributed by atoms with Crippen LogP contribution < -0.4 is 10.1 Å². The lowest BCUT2D eigenvalue weighted by molar-refractivity contribution is -0.113. The van der Waals surface area contributed by atoms with E-state index in [1.807, 2.05) is 11.5 Å². The number of benzene rings is 1. The molecule has 1 aliphatic rings. The predicted molar refractivity (Wildman–Crippen MR) is 152 cm³/mol. The van der Waals surface area contributed by atoms with Crippen molar-refractivity contribution in [2.24, 2.45) is 0 Å². The van der Waals surface area contributed by atoms with Crippen LogP contribution in [0.3, 0.4) is 0 Å². The van der Waals surface area contributed by atoms with Gasteiger partial charge in [0.05, 0.1) is 22.9 Å². The third-order valence-corrected chi connectivity index (χ3v) is 8.58. The van der Waals surface area contributed by atoms with Gasteiger partial charge in [-0.05, 0) is 57.2 Å². The highest BCUT2D eigenvalue weighted by Gasteiger charge is 2.27. The van der Waals surface area contributed by atoms with E-state index in [1.165, 1.54) is 23.1 Å². The Hall–Kier alpha value is -2.53. The lowest BCUT2D eigenvalue weighted by atomic mass is 9.95. The molecule has 0 radical (unpaired) electrons. The minimum absolute atomic E-state index is 0.0788. The van der Waals surface area contributed by atoms with Gasteiger partial charge in [-0.3, -0.25) is 9.36 Å². The molecule has 2 heterocycles. The van der Waals surface area contributed by atoms with Crippen LogP contribution in [0.15, 0.2) is 36.0 Å². The van der Waals surface area contributed by atoms with Crippen LogP contribution in [0, 0.1) is 0 Å². The minimum Gasteiger partial charge on any atom is -0.481 e. The van der Waals surface area contributed by atoms with E-state index < -0.39 is 6.10 Å². The maximum Gasteiger partial charge on any atom is 0.341 e. The quantitative estimate of drug-likeness (QED) is 0.149. The van der Waals surface area contributed by atoms with E-state index in [0.717, 1.165) is 36.1 Å². The van der Waals surface area contributed by atoms with Crippen molar-refractivity contribution in [3.05, 3.63) is 62.7 Å². The summed E-state index contributed by atoms with van der Waals surface area (Å²) in [6.07, 6.45) is 5.05. The zero-order valence-corrected chi connectivity index (χ0v) is 24.2. The van der Waals surface area contributed by atoms with Crippen molar-refractivity contribution in [1.82, 2.24) is 14.8 Å². The summed E-state index contributed by atoms with van der Waals surface area (Å²) in [5, 5.41) is 13.5. The van der Waals surface area contributed by atoms with Crippen molar-refractivity contribution in [1.29, 1.82) is 0 Å². The zero-order chi connectivity index (χ0) is 27.2. The number of rotatable bonds is 11. The Balaban J connectivity index is 1.47. The molecule has 1 atom stereocenters. The average molecular weight is 596 g/mol. The van der Waals surface area contributed by atoms with Crippen LogP contribution in [0.4, 0.5) is 5.00 Å². The molecule has 1 unspecified atom stereocenters. The van der Waals surface area contributed by atoms with Crippen LogP contribution >= 0.6 is 46.3 Å². The first-order valence-corrected chi connectivity index (χ1v) is 14.8. The largest absolute Gasteiger partial charge is 0.481 e. The molecule has 1 aromatic carbocycles. The second-order valence-electron chi connectivity index (χ2n) is 8.55. The second-order valence-corrected chi connectivity index (χ2v) is 11.4. The number of halogens is 2. The summed E-state index contributed by atoms with van der Waals surface area (Å²) < 4.78 is 13.1. The molecule has 38 heavy (non-hydrogen) atoms. The molecule has 0 spiro atoms. The number of allylic oxidation sites excluding steroid dienone is 1. The molecule has 1 aliphatic carbocycles. The number of nitrogens with one attached hydrogen (secondary N) is 1. The van der Waals surface area contributed by atoms with Crippen LogP contribution in [0.5, 0.6) is 5.75 Å². The lowest BCUT2D eigenvalue weighted by Gasteiger charge is -2.16. The molecular weight excluding hydrogens is 567 g/mol. The van der Waals surface area contributed by atoms with Crippen LogP contribution in [0.2, 0.25) is 10.0 Å². The normalized spacial score (nSPS) is 13.5. The average Bonchev–Trinajstić information content (AvgIpc) is 3.46. The van der Waals surface area contributed by atoms with Gasteiger partial charge in [0.2, 0.25) is 5.91 Å². The SMILES string of the molecule is C=CCn1c(SCC(=O)Nc2sc3c(c2C(=O)OCC)CCCC3)nnc1C(C)Oc1cc(Cl)ccc1Cl. The van der Waals surface area contributed by atoms with Gasteiger partial charge in [0.15, 0.2) is 17.1 Å². The van der Waals surface area contributed by atoms with E-state index >= 15 is 0 Å². The fourth-order valence-electron chi connectivity index (χ4n) is 4.18. The number of aromatic nitrogens is 3. The number of thiophene rings is 1. The van der Waals surface area contributed by atoms with Gasteiger partial charge in [-0.25, -0.2) is 4.79 Å². The number of amides is 1. The fourth-order valence-corrected chi connectivity index (χ4v) is 6.56. The number of carbonyl (C=O) groups excluding carboxylic acids is 2. The van der Waals surface area contributed by atoms with Crippen LogP contribution in [-0.4, -0.2) is 39.0 Å². The number of esters is 1. The summed E-state index contributed by atoms with van der Waals surface area (Å²) in [5.74, 6) is 0.432. The smallest absolute Gasteiger partial charge is 0.341 e. The van der Waals surface area contributed by atoms with Gasteiger partial charge in [-0.2, -0.15) is 0 Å². The Labute approximate surface area is 239 Å². The summed E-state index contributed by atoms with van der Waals surface area (Å²) in [5.41, 5.74) is 1.50. The highest BCUT2D eigenvalue weighted by Crippen LogP contribution is 2.39. The van der Waals surface area contributed by atoms with Crippen molar-refractivity contribution in [2.75, 3.05) is 17.7 Å². The van der Waals surface area contributed by atoms with Crippen molar-refractivity contribution < 1.29 is 19.1 Å². The highest BCUT2D eigenvalue weighted by atomic mass is 35.5. The standard InChI is InChI=1S/C26H28Cl2N4O4S2/c1-4-12-32-23(15(3)36-19-13-16(27)10-11-18(19)28)30-31-26(32)37-14-21(33)29-24-22(25(34)35-5-2)17-8-6-7-9-20(17)38-24/h4,10-11,13,15H,1,5-9,12,14H2,2-3H3,(H,29,33). The molecule has 0 aliphatic heterocycles. The third kappa shape index (κ3) is 6.54. The lowest BCUT2D eigenvalue weighted by Crippen LogP contribution is -2.17. The number of hydrogen-bond acceptors (Lipinski definition) is 8. The van der Waals surface area contributed by atoms with Crippen molar-refractivity contribution in [3.63, 3.8) is 0 Å². The third-order valence-electron chi connectivity index (χ3n) is 5.85. The first-order valence-electron chi connectivity index (χ1n) is 12.2. The molecule has 1 N–H and O–H groups in total. The van der Waals surface area contributed by atoms with Crippen LogP contribution in [-0.2, 0) is 28.9 Å². The first-order chi connectivity index (χ1) is 18.3. The molecule has 0 fully saturated rings. The van der Waals surface area contributed by atoms with E-state index in [0.29, 0.717) is 43.9 Å². The van der Waals surface area contributed by atoms with E-state index in [-0.39, 0.29) is 24.2 Å². The van der Waals surface area contributed by atoms with E-state index in [4.69, 9.17) is 32.7 Å². The van der Waals surface area contributed by atoms with Crippen molar-refractivity contribution in [2.45, 2.75) is 57.3 Å². The Bertz CT molecular complexity index is 1340. The Morgan fingerprint density at radius 1 is 1.29 bits per heavy atom. The zero-order valence-electron chi connectivity index (χ0n) is 21.1. The number of nitrogens with zero attached hydrogens (tertiary/aromatic N) is 3. The molecule has 0 bridgehead atoms. The maximum absolute atomic E-state index is 12.9. The summed E-state index contributed by atoms with van der Waals surface area (Å²) in [6, 6.07) is 4.99. The van der Waals surface area contributed by atoms with Gasteiger partial charge in [0.1, 0.15) is 10.8 Å². The van der Waals surface area contributed by atoms with Gasteiger partial charge in [-0.15, -0.1) is 28.1 Å². The Morgan fingerprint density at radius 3 is 2.84 bits per heavy atom. The van der Waals surface area contributed by atoms with Crippen LogP contribution in [0.25, 0.3) is 0 Å². The molecule has 12 heteroatoms. The molecule has 3 aromatic rings. The Kier molecular flexibility index (Phi) is 9.75. The van der Waals surface area contributed by atoms with Crippen molar-refractivity contribution >= 4 is 63.2 Å². The molecule has 0 saturated heterocycles. The van der Waals surface area contributed by atoms with Gasteiger partial charge < -0.3 is 14.8 Å². The van der Waals surface area contributed by atoms with Crippen LogP contribution in [0.1, 0.15) is 59.4 Å². The van der Waals surface area contributed by atoms with Gasteiger partial charge in [-0.1, -0.05) is 41.0 Å². The molecule has 8 nitrogen and oxygen atoms in total. The minimum atomic E-state index is -0.494. The maximum atomic E-state index is 12.9. The number of aryl methyl sites for hydroxylation is 1. The summed E-state index contributed by atoms with van der Waals surface area (Å²) in [6.45, 7) is 8.13. The second kappa shape index (κ2) is 13.0. The fraction of sp³-hybridized carbons (Fsp3) is 0.385. The number of hydrogen-bond donors (Lipinski definition) is 1. The number of carbonyl (C=O) groups is 2.